The lowest BCUT2D eigenvalue weighted by molar-refractivity contribution is -0.128. The van der Waals surface area contributed by atoms with E-state index in [9.17, 15) is 4.79 Å². The van der Waals surface area contributed by atoms with Crippen molar-refractivity contribution in [3.8, 4) is 6.07 Å². The Bertz CT molecular complexity index is 486. The summed E-state index contributed by atoms with van der Waals surface area (Å²) >= 11 is 0. The number of benzene rings is 1. The monoisotopic (exact) mass is 244 g/mol. The first-order valence-corrected chi connectivity index (χ1v) is 6.02. The molecule has 0 atom stereocenters. The number of nitrogens with one attached hydrogen (secondary N) is 1. The maximum Gasteiger partial charge on any atom is 0.241 e. The molecule has 1 aliphatic rings. The van der Waals surface area contributed by atoms with Gasteiger partial charge in [-0.1, -0.05) is 0 Å². The lowest BCUT2D eigenvalue weighted by atomic mass is 10.2. The van der Waals surface area contributed by atoms with Gasteiger partial charge in [-0.25, -0.2) is 0 Å². The summed E-state index contributed by atoms with van der Waals surface area (Å²) in [5.41, 5.74) is 7.34. The summed E-state index contributed by atoms with van der Waals surface area (Å²) in [5, 5.41) is 11.8. The predicted octanol–water partition coefficient (Wildman–Crippen LogP) is 1.17. The smallest absolute Gasteiger partial charge is 0.241 e. The van der Waals surface area contributed by atoms with E-state index in [1.807, 2.05) is 11.0 Å². The van der Waals surface area contributed by atoms with Gasteiger partial charge in [0.05, 0.1) is 17.8 Å². The van der Waals surface area contributed by atoms with Gasteiger partial charge >= 0.3 is 0 Å². The van der Waals surface area contributed by atoms with Gasteiger partial charge in [-0.2, -0.15) is 5.26 Å². The zero-order valence-electron chi connectivity index (χ0n) is 10.1. The van der Waals surface area contributed by atoms with Crippen LogP contribution >= 0.6 is 0 Å². The fraction of sp³-hybridized carbons (Fsp3) is 0.385. The molecule has 1 aromatic rings. The third-order valence-electron chi connectivity index (χ3n) is 3.07. The number of amides is 1. The van der Waals surface area contributed by atoms with Crippen LogP contribution in [0.15, 0.2) is 18.2 Å². The number of nitrogens with zero attached hydrogens (tertiary/aromatic N) is 2. The molecule has 1 aromatic carbocycles. The minimum absolute atomic E-state index is 0.107. The molecule has 0 aliphatic carbocycles. The minimum atomic E-state index is 0.107. The second-order valence-corrected chi connectivity index (χ2v) is 4.36. The van der Waals surface area contributed by atoms with Crippen LogP contribution < -0.4 is 11.1 Å². The summed E-state index contributed by atoms with van der Waals surface area (Å²) in [5.74, 6) is 0.107. The summed E-state index contributed by atoms with van der Waals surface area (Å²) in [7, 11) is 0. The van der Waals surface area contributed by atoms with Gasteiger partial charge in [0, 0.05) is 18.8 Å². The average molecular weight is 244 g/mol. The highest BCUT2D eigenvalue weighted by molar-refractivity contribution is 5.81. The fourth-order valence-electron chi connectivity index (χ4n) is 2.03. The van der Waals surface area contributed by atoms with Crippen LogP contribution in [0.1, 0.15) is 18.4 Å². The van der Waals surface area contributed by atoms with E-state index in [2.05, 4.69) is 5.32 Å². The third kappa shape index (κ3) is 2.72. The van der Waals surface area contributed by atoms with E-state index in [1.165, 1.54) is 0 Å². The Morgan fingerprint density at radius 3 is 2.78 bits per heavy atom. The number of anilines is 2. The molecular weight excluding hydrogens is 228 g/mol. The fourth-order valence-corrected chi connectivity index (χ4v) is 2.03. The van der Waals surface area contributed by atoms with Crippen LogP contribution in [-0.2, 0) is 4.79 Å². The quantitative estimate of drug-likeness (QED) is 0.782. The van der Waals surface area contributed by atoms with Crippen molar-refractivity contribution < 1.29 is 4.79 Å². The Hall–Kier alpha value is -2.22. The first kappa shape index (κ1) is 12.2. The van der Waals surface area contributed by atoms with Crippen LogP contribution in [0.3, 0.4) is 0 Å². The van der Waals surface area contributed by atoms with Crippen LogP contribution in [0, 0.1) is 11.3 Å². The molecule has 2 rings (SSSR count). The first-order chi connectivity index (χ1) is 8.70. The zero-order chi connectivity index (χ0) is 13.0. The lowest BCUT2D eigenvalue weighted by Crippen LogP contribution is -2.32. The van der Waals surface area contributed by atoms with Crippen molar-refractivity contribution in [1.82, 2.24) is 4.90 Å². The Labute approximate surface area is 106 Å². The molecule has 1 fully saturated rings. The third-order valence-corrected chi connectivity index (χ3v) is 3.07. The number of nitriles is 1. The molecule has 3 N–H and O–H groups in total. The lowest BCUT2D eigenvalue weighted by Gasteiger charge is -2.16. The average Bonchev–Trinajstić information content (AvgIpc) is 2.90. The Balaban J connectivity index is 1.92. The molecule has 18 heavy (non-hydrogen) atoms. The van der Waals surface area contributed by atoms with E-state index in [4.69, 9.17) is 11.0 Å². The number of nitrogen functional groups attached to an aromatic ring is 1. The van der Waals surface area contributed by atoms with E-state index in [1.54, 1.807) is 18.2 Å². The Kier molecular flexibility index (Phi) is 3.68. The maximum atomic E-state index is 11.8. The van der Waals surface area contributed by atoms with Crippen molar-refractivity contribution in [2.75, 3.05) is 30.7 Å². The van der Waals surface area contributed by atoms with Gasteiger partial charge in [0.25, 0.3) is 0 Å². The summed E-state index contributed by atoms with van der Waals surface area (Å²) in [6, 6.07) is 7.09. The molecule has 0 unspecified atom stereocenters. The van der Waals surface area contributed by atoms with Crippen molar-refractivity contribution in [3.63, 3.8) is 0 Å². The molecule has 0 radical (unpaired) electrons. The van der Waals surface area contributed by atoms with Gasteiger partial charge in [0.15, 0.2) is 0 Å². The van der Waals surface area contributed by atoms with Crippen LogP contribution in [0.25, 0.3) is 0 Å². The minimum Gasteiger partial charge on any atom is -0.398 e. The summed E-state index contributed by atoms with van der Waals surface area (Å²) < 4.78 is 0. The van der Waals surface area contributed by atoms with E-state index in [-0.39, 0.29) is 12.5 Å². The molecule has 0 bridgehead atoms. The number of hydrogen-bond acceptors (Lipinski definition) is 4. The molecule has 94 valence electrons. The number of carbonyl (C=O) groups is 1. The van der Waals surface area contributed by atoms with Crippen LogP contribution in [0.5, 0.6) is 0 Å². The molecule has 1 saturated heterocycles. The molecule has 1 amide bonds. The highest BCUT2D eigenvalue weighted by Gasteiger charge is 2.17. The topological polar surface area (TPSA) is 82.2 Å². The molecule has 1 heterocycles. The van der Waals surface area contributed by atoms with Gasteiger partial charge in [0.2, 0.25) is 5.91 Å². The van der Waals surface area contributed by atoms with E-state index in [0.29, 0.717) is 11.3 Å². The van der Waals surface area contributed by atoms with Crippen LogP contribution in [0.2, 0.25) is 0 Å². The van der Waals surface area contributed by atoms with Gasteiger partial charge in [-0.05, 0) is 31.0 Å². The molecule has 1 aliphatic heterocycles. The number of hydrogen-bond donors (Lipinski definition) is 2. The Morgan fingerprint density at radius 2 is 2.17 bits per heavy atom. The van der Waals surface area contributed by atoms with Gasteiger partial charge in [-0.15, -0.1) is 0 Å². The highest BCUT2D eigenvalue weighted by Crippen LogP contribution is 2.17. The number of rotatable bonds is 3. The van der Waals surface area contributed by atoms with Crippen LogP contribution in [0.4, 0.5) is 11.4 Å². The van der Waals surface area contributed by atoms with Gasteiger partial charge < -0.3 is 16.0 Å². The molecule has 0 saturated carbocycles. The number of likely N-dealkylation sites (tertiary alicyclic amines) is 1. The largest absolute Gasteiger partial charge is 0.398 e. The second kappa shape index (κ2) is 5.41. The molecule has 5 nitrogen and oxygen atoms in total. The first-order valence-electron chi connectivity index (χ1n) is 6.02. The summed E-state index contributed by atoms with van der Waals surface area (Å²) in [6.45, 7) is 1.98. The second-order valence-electron chi connectivity index (χ2n) is 4.36. The van der Waals surface area contributed by atoms with Gasteiger partial charge in [-0.3, -0.25) is 4.79 Å². The zero-order valence-corrected chi connectivity index (χ0v) is 10.1. The standard InChI is InChI=1S/C13H16N4O/c14-8-10-3-4-11(7-12(10)15)16-9-13(18)17-5-1-2-6-17/h3-4,7,16H,1-2,5-6,9,15H2. The number of carbonyl (C=O) groups excluding carboxylic acids is 1. The predicted molar refractivity (Wildman–Crippen MR) is 69.9 cm³/mol. The summed E-state index contributed by atoms with van der Waals surface area (Å²) in [6.07, 6.45) is 2.19. The van der Waals surface area contributed by atoms with E-state index in [0.717, 1.165) is 31.6 Å². The van der Waals surface area contributed by atoms with Crippen LogP contribution in [-0.4, -0.2) is 30.4 Å². The number of nitrogens with two attached hydrogens (primary N) is 1. The van der Waals surface area contributed by atoms with Crippen molar-refractivity contribution in [3.05, 3.63) is 23.8 Å². The van der Waals surface area contributed by atoms with E-state index >= 15 is 0 Å². The maximum absolute atomic E-state index is 11.8. The van der Waals surface area contributed by atoms with Crippen molar-refractivity contribution in [2.45, 2.75) is 12.8 Å². The van der Waals surface area contributed by atoms with Crippen molar-refractivity contribution >= 4 is 17.3 Å². The van der Waals surface area contributed by atoms with E-state index < -0.39 is 0 Å². The molecular formula is C13H16N4O. The SMILES string of the molecule is N#Cc1ccc(NCC(=O)N2CCCC2)cc1N. The normalized spacial score (nSPS) is 14.3. The molecule has 0 spiro atoms. The van der Waals surface area contributed by atoms with Gasteiger partial charge in [0.1, 0.15) is 6.07 Å². The summed E-state index contributed by atoms with van der Waals surface area (Å²) in [4.78, 5) is 13.7. The molecule has 5 heteroatoms. The highest BCUT2D eigenvalue weighted by atomic mass is 16.2. The Morgan fingerprint density at radius 1 is 1.44 bits per heavy atom. The molecule has 0 aromatic heterocycles. The van der Waals surface area contributed by atoms with Crippen molar-refractivity contribution in [2.24, 2.45) is 0 Å². The van der Waals surface area contributed by atoms with Crippen molar-refractivity contribution in [1.29, 1.82) is 5.26 Å².